The van der Waals surface area contributed by atoms with Crippen molar-refractivity contribution in [1.29, 1.82) is 0 Å². The molecule has 0 radical (unpaired) electrons. The Kier molecular flexibility index (Phi) is 8.34. The van der Waals surface area contributed by atoms with Crippen LogP contribution in [0.3, 0.4) is 0 Å². The SMILES string of the molecule is Cl.N[C@@H]1CCN(C(=O)N2CC[C@@H](Cn3cnc4ccc(F)cc4c3=O)C3(CCCC3)C2)[C@H](c2cc(F)cc(F)c2)C1. The highest BCUT2D eigenvalue weighted by molar-refractivity contribution is 5.85. The molecule has 2 aliphatic heterocycles. The second-order valence-corrected chi connectivity index (χ2v) is 11.8. The number of benzene rings is 2. The third-order valence-electron chi connectivity index (χ3n) is 9.35. The number of rotatable bonds is 3. The Bertz CT molecular complexity index is 1470. The van der Waals surface area contributed by atoms with Crippen molar-refractivity contribution in [3.63, 3.8) is 0 Å². The van der Waals surface area contributed by atoms with Crippen LogP contribution in [0.1, 0.15) is 56.6 Å². The standard InChI is InChI=1S/C30H34F3N5O2.ClH/c31-21-3-4-26-25(14-21)28(39)37(18-35-26)16-20-5-9-36(17-30(20)7-1-2-8-30)29(40)38-10-6-24(34)15-27(38)19-11-22(32)13-23(33)12-19;/h3-4,11-14,18,20,24,27H,1-2,5-10,15-17,34H2;1H/t20-,24+,27-;/m0./s1. The van der Waals surface area contributed by atoms with Gasteiger partial charge < -0.3 is 15.5 Å². The summed E-state index contributed by atoms with van der Waals surface area (Å²) in [6.07, 6.45) is 7.34. The van der Waals surface area contributed by atoms with E-state index in [0.717, 1.165) is 31.7 Å². The summed E-state index contributed by atoms with van der Waals surface area (Å²) in [4.78, 5) is 35.2. The van der Waals surface area contributed by atoms with Crippen molar-refractivity contribution >= 4 is 29.3 Å². The van der Waals surface area contributed by atoms with Gasteiger partial charge in [-0.05, 0) is 79.3 Å². The minimum atomic E-state index is -0.673. The summed E-state index contributed by atoms with van der Waals surface area (Å²) >= 11 is 0. The summed E-state index contributed by atoms with van der Waals surface area (Å²) in [6, 6.07) is 6.67. The molecule has 0 unspecified atom stereocenters. The monoisotopic (exact) mass is 589 g/mol. The zero-order valence-electron chi connectivity index (χ0n) is 22.8. The summed E-state index contributed by atoms with van der Waals surface area (Å²) in [6.45, 7) is 1.96. The molecular formula is C30H35ClF3N5O2. The molecule has 2 N–H and O–H groups in total. The van der Waals surface area contributed by atoms with E-state index in [9.17, 15) is 22.8 Å². The minimum absolute atomic E-state index is 0. The lowest BCUT2D eigenvalue weighted by Crippen LogP contribution is -2.56. The molecule has 1 spiro atoms. The summed E-state index contributed by atoms with van der Waals surface area (Å²) in [5, 5.41) is 0.263. The number of hydrogen-bond acceptors (Lipinski definition) is 4. The van der Waals surface area contributed by atoms with Crippen molar-refractivity contribution in [1.82, 2.24) is 19.4 Å². The van der Waals surface area contributed by atoms with Crippen LogP contribution in [0.15, 0.2) is 47.5 Å². The first-order valence-electron chi connectivity index (χ1n) is 14.1. The molecule has 3 aliphatic rings. The summed E-state index contributed by atoms with van der Waals surface area (Å²) in [7, 11) is 0. The molecule has 1 saturated carbocycles. The Hall–Kier alpha value is -3.11. The summed E-state index contributed by atoms with van der Waals surface area (Å²) in [5.74, 6) is -1.66. The number of nitrogens with two attached hydrogens (primary N) is 1. The van der Waals surface area contributed by atoms with Gasteiger partial charge in [-0.1, -0.05) is 12.8 Å². The van der Waals surface area contributed by atoms with Gasteiger partial charge in [0.25, 0.3) is 5.56 Å². The van der Waals surface area contributed by atoms with Crippen LogP contribution in [-0.2, 0) is 6.54 Å². The smallest absolute Gasteiger partial charge is 0.320 e. The Morgan fingerprint density at radius 1 is 1.00 bits per heavy atom. The largest absolute Gasteiger partial charge is 0.328 e. The number of urea groups is 1. The lowest BCUT2D eigenvalue weighted by Gasteiger charge is -2.49. The van der Waals surface area contributed by atoms with Crippen LogP contribution < -0.4 is 11.3 Å². The Labute approximate surface area is 242 Å². The molecule has 6 rings (SSSR count). The van der Waals surface area contributed by atoms with E-state index < -0.39 is 23.5 Å². The highest BCUT2D eigenvalue weighted by Gasteiger charge is 2.47. The fourth-order valence-electron chi connectivity index (χ4n) is 7.29. The number of hydrogen-bond donors (Lipinski definition) is 1. The van der Waals surface area contributed by atoms with Gasteiger partial charge in [-0.15, -0.1) is 12.4 Å². The number of likely N-dealkylation sites (tertiary alicyclic amines) is 2. The first kappa shape index (κ1) is 29.4. The fourth-order valence-corrected chi connectivity index (χ4v) is 7.29. The molecule has 2 aromatic carbocycles. The molecule has 2 saturated heterocycles. The number of nitrogens with zero attached hydrogens (tertiary/aromatic N) is 4. The maximum Gasteiger partial charge on any atom is 0.320 e. The average molecular weight is 590 g/mol. The van der Waals surface area contributed by atoms with Crippen molar-refractivity contribution in [2.24, 2.45) is 17.1 Å². The van der Waals surface area contributed by atoms with Crippen LogP contribution in [0, 0.1) is 28.8 Å². The molecule has 220 valence electrons. The average Bonchev–Trinajstić information content (AvgIpc) is 3.39. The second kappa shape index (κ2) is 11.6. The van der Waals surface area contributed by atoms with E-state index in [1.807, 2.05) is 4.90 Å². The molecule has 1 aromatic heterocycles. The van der Waals surface area contributed by atoms with Crippen LogP contribution in [0.25, 0.3) is 10.9 Å². The molecule has 11 heteroatoms. The predicted octanol–water partition coefficient (Wildman–Crippen LogP) is 5.40. The fraction of sp³-hybridized carbons (Fsp3) is 0.500. The van der Waals surface area contributed by atoms with Gasteiger partial charge in [0.05, 0.1) is 23.3 Å². The van der Waals surface area contributed by atoms with Gasteiger partial charge in [0, 0.05) is 38.3 Å². The first-order chi connectivity index (χ1) is 19.2. The van der Waals surface area contributed by atoms with Crippen molar-refractivity contribution in [3.05, 3.63) is 76.1 Å². The lowest BCUT2D eigenvalue weighted by atomic mass is 9.69. The number of carbonyl (C=O) groups is 1. The van der Waals surface area contributed by atoms with Crippen LogP contribution in [-0.4, -0.2) is 51.1 Å². The van der Waals surface area contributed by atoms with Crippen LogP contribution in [0.2, 0.25) is 0 Å². The normalized spacial score (nSPS) is 24.0. The van der Waals surface area contributed by atoms with Gasteiger partial charge in [0.2, 0.25) is 0 Å². The molecule has 7 nitrogen and oxygen atoms in total. The second-order valence-electron chi connectivity index (χ2n) is 11.8. The van der Waals surface area contributed by atoms with Gasteiger partial charge >= 0.3 is 6.03 Å². The third kappa shape index (κ3) is 5.68. The number of carbonyl (C=O) groups excluding carboxylic acids is 1. The van der Waals surface area contributed by atoms with Crippen LogP contribution in [0.4, 0.5) is 18.0 Å². The van der Waals surface area contributed by atoms with E-state index in [1.54, 1.807) is 15.8 Å². The lowest BCUT2D eigenvalue weighted by molar-refractivity contribution is 0.0214. The quantitative estimate of drug-likeness (QED) is 0.443. The third-order valence-corrected chi connectivity index (χ3v) is 9.35. The van der Waals surface area contributed by atoms with Gasteiger partial charge in [-0.2, -0.15) is 0 Å². The molecule has 2 amide bonds. The van der Waals surface area contributed by atoms with Crippen LogP contribution >= 0.6 is 12.4 Å². The molecule has 3 heterocycles. The number of halogens is 4. The van der Waals surface area contributed by atoms with E-state index >= 15 is 0 Å². The van der Waals surface area contributed by atoms with Gasteiger partial charge in [0.15, 0.2) is 0 Å². The molecule has 3 atom stereocenters. The van der Waals surface area contributed by atoms with Gasteiger partial charge in [-0.25, -0.2) is 22.9 Å². The molecular weight excluding hydrogens is 555 g/mol. The molecule has 3 fully saturated rings. The Morgan fingerprint density at radius 2 is 1.73 bits per heavy atom. The zero-order valence-corrected chi connectivity index (χ0v) is 23.6. The van der Waals surface area contributed by atoms with E-state index in [4.69, 9.17) is 5.73 Å². The highest BCUT2D eigenvalue weighted by atomic mass is 35.5. The molecule has 1 aliphatic carbocycles. The number of aromatic nitrogens is 2. The Morgan fingerprint density at radius 3 is 2.46 bits per heavy atom. The Balaban J connectivity index is 0.00000337. The molecule has 0 bridgehead atoms. The van der Waals surface area contributed by atoms with E-state index in [0.29, 0.717) is 56.5 Å². The van der Waals surface area contributed by atoms with Gasteiger partial charge in [0.1, 0.15) is 17.5 Å². The van der Waals surface area contributed by atoms with E-state index in [1.165, 1.54) is 30.3 Å². The maximum atomic E-state index is 14.1. The minimum Gasteiger partial charge on any atom is -0.328 e. The number of piperidine rings is 2. The first-order valence-corrected chi connectivity index (χ1v) is 14.1. The number of amides is 2. The summed E-state index contributed by atoms with van der Waals surface area (Å²) in [5.41, 5.74) is 6.71. The molecule has 41 heavy (non-hydrogen) atoms. The van der Waals surface area contributed by atoms with Crippen LogP contribution in [0.5, 0.6) is 0 Å². The number of fused-ring (bicyclic) bond motifs is 1. The molecule has 3 aromatic rings. The highest BCUT2D eigenvalue weighted by Crippen LogP contribution is 2.49. The van der Waals surface area contributed by atoms with Crippen molar-refractivity contribution < 1.29 is 18.0 Å². The maximum absolute atomic E-state index is 14.1. The topological polar surface area (TPSA) is 84.5 Å². The van der Waals surface area contributed by atoms with Crippen molar-refractivity contribution in [2.75, 3.05) is 19.6 Å². The van der Waals surface area contributed by atoms with Gasteiger partial charge in [-0.3, -0.25) is 9.36 Å². The zero-order chi connectivity index (χ0) is 28.0. The van der Waals surface area contributed by atoms with Crippen molar-refractivity contribution in [2.45, 2.75) is 63.6 Å². The summed E-state index contributed by atoms with van der Waals surface area (Å²) < 4.78 is 43.6. The van der Waals surface area contributed by atoms with Crippen molar-refractivity contribution in [3.8, 4) is 0 Å². The van der Waals surface area contributed by atoms with E-state index in [2.05, 4.69) is 4.98 Å². The van der Waals surface area contributed by atoms with E-state index in [-0.39, 0.29) is 46.8 Å². The predicted molar refractivity (Wildman–Crippen MR) is 152 cm³/mol.